The number of carbonyl (C=O) groups excluding carboxylic acids is 1. The van der Waals surface area contributed by atoms with E-state index in [1.165, 1.54) is 12.1 Å². The monoisotopic (exact) mass is 345 g/mol. The molecule has 1 heterocycles. The highest BCUT2D eigenvalue weighted by atomic mass is 32.1. The Morgan fingerprint density at radius 1 is 1.21 bits per heavy atom. The van der Waals surface area contributed by atoms with E-state index >= 15 is 0 Å². The molecular formula is C17H19N3O3S. The van der Waals surface area contributed by atoms with Crippen molar-refractivity contribution in [2.24, 2.45) is 0 Å². The molecule has 0 fully saturated rings. The summed E-state index contributed by atoms with van der Waals surface area (Å²) in [4.78, 5) is 25.0. The van der Waals surface area contributed by atoms with Gasteiger partial charge in [-0.3, -0.25) is 14.9 Å². The first-order chi connectivity index (χ1) is 11.5. The molecule has 0 bridgehead atoms. The minimum atomic E-state index is -0.445. The molecule has 0 aliphatic heterocycles. The van der Waals surface area contributed by atoms with Crippen LogP contribution in [-0.4, -0.2) is 23.9 Å². The Morgan fingerprint density at radius 2 is 1.88 bits per heavy atom. The Labute approximate surface area is 144 Å². The number of anilines is 2. The van der Waals surface area contributed by atoms with Gasteiger partial charge >= 0.3 is 5.00 Å². The zero-order chi connectivity index (χ0) is 17.5. The van der Waals surface area contributed by atoms with Crippen molar-refractivity contribution in [2.75, 3.05) is 23.3 Å². The van der Waals surface area contributed by atoms with Gasteiger partial charge in [-0.25, -0.2) is 0 Å². The van der Waals surface area contributed by atoms with Crippen LogP contribution in [-0.2, 0) is 4.79 Å². The molecule has 0 saturated carbocycles. The van der Waals surface area contributed by atoms with Crippen molar-refractivity contribution in [1.29, 1.82) is 0 Å². The van der Waals surface area contributed by atoms with Gasteiger partial charge in [0.05, 0.1) is 4.92 Å². The van der Waals surface area contributed by atoms with Gasteiger partial charge in [0.1, 0.15) is 0 Å². The average molecular weight is 345 g/mol. The molecule has 0 aliphatic rings. The van der Waals surface area contributed by atoms with Crippen LogP contribution in [0.15, 0.2) is 42.5 Å². The molecule has 0 saturated heterocycles. The van der Waals surface area contributed by atoms with Crippen molar-refractivity contribution >= 4 is 39.7 Å². The second-order valence-corrected chi connectivity index (χ2v) is 6.07. The van der Waals surface area contributed by atoms with Gasteiger partial charge < -0.3 is 10.2 Å². The first-order valence-corrected chi connectivity index (χ1v) is 8.43. The van der Waals surface area contributed by atoms with Crippen LogP contribution in [0, 0.1) is 10.1 Å². The van der Waals surface area contributed by atoms with Crippen LogP contribution in [0.1, 0.15) is 18.7 Å². The van der Waals surface area contributed by atoms with Crippen LogP contribution in [0.25, 0.3) is 6.08 Å². The summed E-state index contributed by atoms with van der Waals surface area (Å²) in [6, 6.07) is 10.7. The number of benzene rings is 1. The van der Waals surface area contributed by atoms with Crippen molar-refractivity contribution in [3.05, 3.63) is 57.5 Å². The molecule has 0 atom stereocenters. The standard InChI is InChI=1S/C17H19N3O3S/c1-3-19(4-2)14-7-5-13(6-8-14)18-16(21)11-9-15-10-12-17(24-15)20(22)23/h5-12H,3-4H2,1-2H3,(H,18,21)/b11-9+. The Kier molecular flexibility index (Phi) is 6.08. The van der Waals surface area contributed by atoms with Gasteiger partial charge in [0.2, 0.25) is 5.91 Å². The topological polar surface area (TPSA) is 75.5 Å². The Hall–Kier alpha value is -2.67. The van der Waals surface area contributed by atoms with Crippen molar-refractivity contribution in [1.82, 2.24) is 0 Å². The van der Waals surface area contributed by atoms with Crippen LogP contribution >= 0.6 is 11.3 Å². The minimum Gasteiger partial charge on any atom is -0.372 e. The lowest BCUT2D eigenvalue weighted by Crippen LogP contribution is -2.21. The average Bonchev–Trinajstić information content (AvgIpc) is 3.05. The third-order valence-corrected chi connectivity index (χ3v) is 4.46. The molecule has 1 N–H and O–H groups in total. The van der Waals surface area contributed by atoms with Crippen LogP contribution < -0.4 is 10.2 Å². The van der Waals surface area contributed by atoms with E-state index in [4.69, 9.17) is 0 Å². The largest absolute Gasteiger partial charge is 0.372 e. The fourth-order valence-corrected chi connectivity index (χ4v) is 2.94. The molecule has 24 heavy (non-hydrogen) atoms. The second-order valence-electron chi connectivity index (χ2n) is 4.97. The Morgan fingerprint density at radius 3 is 2.42 bits per heavy atom. The van der Waals surface area contributed by atoms with E-state index in [0.29, 0.717) is 10.6 Å². The maximum atomic E-state index is 11.9. The maximum absolute atomic E-state index is 11.9. The molecule has 0 spiro atoms. The summed E-state index contributed by atoms with van der Waals surface area (Å²) in [6.45, 7) is 6.05. The van der Waals surface area contributed by atoms with Crippen LogP contribution in [0.5, 0.6) is 0 Å². The number of carbonyl (C=O) groups is 1. The summed E-state index contributed by atoms with van der Waals surface area (Å²) in [5.41, 5.74) is 1.82. The van der Waals surface area contributed by atoms with E-state index in [9.17, 15) is 14.9 Å². The number of hydrogen-bond donors (Lipinski definition) is 1. The number of nitro groups is 1. The predicted octanol–water partition coefficient (Wildman–Crippen LogP) is 4.15. The van der Waals surface area contributed by atoms with Gasteiger partial charge in [-0.2, -0.15) is 0 Å². The summed E-state index contributed by atoms with van der Waals surface area (Å²) in [7, 11) is 0. The smallest absolute Gasteiger partial charge is 0.324 e. The van der Waals surface area contributed by atoms with Crippen LogP contribution in [0.4, 0.5) is 16.4 Å². The predicted molar refractivity (Wildman–Crippen MR) is 98.6 cm³/mol. The summed E-state index contributed by atoms with van der Waals surface area (Å²) in [6.07, 6.45) is 2.94. The molecule has 6 nitrogen and oxygen atoms in total. The SMILES string of the molecule is CCN(CC)c1ccc(NC(=O)/C=C/c2ccc([N+](=O)[O-])s2)cc1. The van der Waals surface area contributed by atoms with E-state index < -0.39 is 4.92 Å². The molecule has 0 aliphatic carbocycles. The normalized spacial score (nSPS) is 10.8. The van der Waals surface area contributed by atoms with Gasteiger partial charge in [0.25, 0.3) is 0 Å². The quantitative estimate of drug-likeness (QED) is 0.464. The highest BCUT2D eigenvalue weighted by molar-refractivity contribution is 7.16. The van der Waals surface area contributed by atoms with Crippen LogP contribution in [0.2, 0.25) is 0 Å². The van der Waals surface area contributed by atoms with Gasteiger partial charge in [-0.15, -0.1) is 0 Å². The lowest BCUT2D eigenvalue weighted by atomic mass is 10.2. The number of nitrogens with zero attached hydrogens (tertiary/aromatic N) is 2. The molecule has 126 valence electrons. The van der Waals surface area contributed by atoms with Crippen LogP contribution in [0.3, 0.4) is 0 Å². The van der Waals surface area contributed by atoms with Gasteiger partial charge in [-0.05, 0) is 50.3 Å². The van der Waals surface area contributed by atoms with Gasteiger partial charge in [0, 0.05) is 41.5 Å². The molecule has 2 aromatic rings. The van der Waals surface area contributed by atoms with E-state index in [1.807, 2.05) is 24.3 Å². The van der Waals surface area contributed by atoms with E-state index in [2.05, 4.69) is 24.1 Å². The first-order valence-electron chi connectivity index (χ1n) is 7.61. The molecule has 1 aromatic carbocycles. The fraction of sp³-hybridized carbons (Fsp3) is 0.235. The van der Waals surface area contributed by atoms with Gasteiger partial charge in [-0.1, -0.05) is 11.3 Å². The number of rotatable bonds is 7. The third-order valence-electron chi connectivity index (χ3n) is 3.45. The summed E-state index contributed by atoms with van der Waals surface area (Å²) in [5.74, 6) is -0.276. The summed E-state index contributed by atoms with van der Waals surface area (Å²) >= 11 is 1.03. The van der Waals surface area contributed by atoms with Gasteiger partial charge in [0.15, 0.2) is 0 Å². The Balaban J connectivity index is 1.96. The number of amides is 1. The number of nitrogens with one attached hydrogen (secondary N) is 1. The fourth-order valence-electron chi connectivity index (χ4n) is 2.22. The second kappa shape index (κ2) is 8.26. The lowest BCUT2D eigenvalue weighted by Gasteiger charge is -2.21. The third kappa shape index (κ3) is 4.66. The Bertz CT molecular complexity index is 734. The van der Waals surface area contributed by atoms with Crippen molar-refractivity contribution < 1.29 is 9.72 Å². The molecule has 1 aromatic heterocycles. The number of hydrogen-bond acceptors (Lipinski definition) is 5. The molecule has 7 heteroatoms. The summed E-state index contributed by atoms with van der Waals surface area (Å²) in [5, 5.41) is 13.4. The molecule has 0 unspecified atom stereocenters. The zero-order valence-electron chi connectivity index (χ0n) is 13.6. The highest BCUT2D eigenvalue weighted by Crippen LogP contribution is 2.25. The zero-order valence-corrected chi connectivity index (χ0v) is 14.4. The van der Waals surface area contributed by atoms with Crippen molar-refractivity contribution in [3.8, 4) is 0 Å². The minimum absolute atomic E-state index is 0.0575. The van der Waals surface area contributed by atoms with E-state index in [1.54, 1.807) is 12.1 Å². The molecule has 2 rings (SSSR count). The van der Waals surface area contributed by atoms with Crippen molar-refractivity contribution in [3.63, 3.8) is 0 Å². The van der Waals surface area contributed by atoms with E-state index in [0.717, 1.165) is 30.1 Å². The van der Waals surface area contributed by atoms with E-state index in [-0.39, 0.29) is 10.9 Å². The van der Waals surface area contributed by atoms with Crippen molar-refractivity contribution in [2.45, 2.75) is 13.8 Å². The molecule has 1 amide bonds. The maximum Gasteiger partial charge on any atom is 0.324 e. The highest BCUT2D eigenvalue weighted by Gasteiger charge is 2.08. The molecular weight excluding hydrogens is 326 g/mol. The molecule has 0 radical (unpaired) electrons. The first kappa shape index (κ1) is 17.7. The lowest BCUT2D eigenvalue weighted by molar-refractivity contribution is -0.380. The summed E-state index contributed by atoms with van der Waals surface area (Å²) < 4.78 is 0. The number of thiophene rings is 1.